The first-order valence-electron chi connectivity index (χ1n) is 10.5. The maximum Gasteiger partial charge on any atom is 0.268 e. The number of carbonyl (C=O) groups is 1. The van der Waals surface area contributed by atoms with E-state index in [4.69, 9.17) is 15.2 Å². The summed E-state index contributed by atoms with van der Waals surface area (Å²) in [7, 11) is 0. The van der Waals surface area contributed by atoms with E-state index in [9.17, 15) is 4.79 Å². The second-order valence-electron chi connectivity index (χ2n) is 7.63. The average molecular weight is 538 g/mol. The third-order valence-corrected chi connectivity index (χ3v) is 6.98. The number of aryl methyl sites for hydroxylation is 2. The zero-order valence-corrected chi connectivity index (χ0v) is 20.5. The normalized spacial score (nSPS) is 15.1. The van der Waals surface area contributed by atoms with Crippen molar-refractivity contribution in [1.29, 1.82) is 0 Å². The number of carbonyl (C=O) groups excluding carboxylic acids is 1. The minimum Gasteiger partial charge on any atom is -0.454 e. The Morgan fingerprint density at radius 1 is 1.18 bits per heavy atom. The van der Waals surface area contributed by atoms with Gasteiger partial charge in [0.25, 0.3) is 6.29 Å². The van der Waals surface area contributed by atoms with E-state index < -0.39 is 6.29 Å². The summed E-state index contributed by atoms with van der Waals surface area (Å²) < 4.78 is 14.7. The number of aromatic nitrogens is 4. The van der Waals surface area contributed by atoms with Crippen LogP contribution in [0.15, 0.2) is 75.8 Å². The molecule has 34 heavy (non-hydrogen) atoms. The van der Waals surface area contributed by atoms with Gasteiger partial charge in [-0.2, -0.15) is 0 Å². The van der Waals surface area contributed by atoms with Gasteiger partial charge in [-0.1, -0.05) is 58.4 Å². The smallest absolute Gasteiger partial charge is 0.268 e. The van der Waals surface area contributed by atoms with E-state index in [0.29, 0.717) is 39.3 Å². The number of anilines is 1. The topological polar surface area (TPSA) is 105 Å². The number of thioether (sulfide) groups is 1. The van der Waals surface area contributed by atoms with Crippen LogP contribution in [-0.2, 0) is 22.4 Å². The minimum absolute atomic E-state index is 0.0471. The molecule has 1 unspecified atom stereocenters. The summed E-state index contributed by atoms with van der Waals surface area (Å²) in [5.74, 6) is 0.367. The Labute approximate surface area is 208 Å². The number of hydrogen-bond donors (Lipinski definition) is 1. The number of nitrogen functional groups attached to an aromatic ring is 1. The second kappa shape index (κ2) is 9.47. The van der Waals surface area contributed by atoms with Gasteiger partial charge in [0, 0.05) is 22.1 Å². The number of rotatable bonds is 7. The summed E-state index contributed by atoms with van der Waals surface area (Å²) in [6, 6.07) is 15.4. The lowest BCUT2D eigenvalue weighted by Gasteiger charge is -2.13. The molecule has 0 fully saturated rings. The first-order valence-corrected chi connectivity index (χ1v) is 12.1. The van der Waals surface area contributed by atoms with Gasteiger partial charge in [0.15, 0.2) is 27.9 Å². The lowest BCUT2D eigenvalue weighted by atomic mass is 10.1. The van der Waals surface area contributed by atoms with Crippen molar-refractivity contribution in [1.82, 2.24) is 19.5 Å². The number of hydrogen-bond acceptors (Lipinski definition) is 8. The maximum absolute atomic E-state index is 11.6. The van der Waals surface area contributed by atoms with Gasteiger partial charge in [-0.05, 0) is 36.7 Å². The summed E-state index contributed by atoms with van der Waals surface area (Å²) in [5, 5.41) is 1.25. The fourth-order valence-electron chi connectivity index (χ4n) is 3.58. The third-order valence-electron chi connectivity index (χ3n) is 5.37. The van der Waals surface area contributed by atoms with Crippen LogP contribution >= 0.6 is 27.7 Å². The van der Waals surface area contributed by atoms with Crippen LogP contribution in [0.1, 0.15) is 34.7 Å². The number of benzene rings is 2. The summed E-state index contributed by atoms with van der Waals surface area (Å²) in [5.41, 5.74) is 9.94. The molecule has 2 aromatic carbocycles. The van der Waals surface area contributed by atoms with Crippen LogP contribution in [0, 0.1) is 0 Å². The molecule has 5 rings (SSSR count). The zero-order chi connectivity index (χ0) is 23.7. The SMILES string of the molecule is CC(=O)c1ccc(CCn2c(SC3=COC(c4ccccc4Br)O3)nc3c(N)ncnc32)cc1. The van der Waals surface area contributed by atoms with Crippen molar-refractivity contribution in [2.75, 3.05) is 5.73 Å². The van der Waals surface area contributed by atoms with Crippen molar-refractivity contribution in [2.24, 2.45) is 0 Å². The van der Waals surface area contributed by atoms with E-state index >= 15 is 0 Å². The molecule has 1 atom stereocenters. The number of nitrogens with two attached hydrogens (primary N) is 1. The van der Waals surface area contributed by atoms with Gasteiger partial charge in [0.1, 0.15) is 12.6 Å². The first kappa shape index (κ1) is 22.4. The molecular formula is C24H20BrN5O3S. The molecule has 0 bridgehead atoms. The van der Waals surface area contributed by atoms with Crippen molar-refractivity contribution in [2.45, 2.75) is 31.3 Å². The van der Waals surface area contributed by atoms with Crippen LogP contribution in [-0.4, -0.2) is 25.3 Å². The highest BCUT2D eigenvalue weighted by molar-refractivity contribution is 9.10. The molecule has 2 N–H and O–H groups in total. The van der Waals surface area contributed by atoms with E-state index in [0.717, 1.165) is 22.0 Å². The molecule has 0 amide bonds. The predicted octanol–water partition coefficient (Wildman–Crippen LogP) is 5.25. The van der Waals surface area contributed by atoms with Gasteiger partial charge in [-0.25, -0.2) is 15.0 Å². The Hall–Kier alpha value is -3.37. The zero-order valence-electron chi connectivity index (χ0n) is 18.1. The summed E-state index contributed by atoms with van der Waals surface area (Å²) in [6.07, 6.45) is 3.20. The summed E-state index contributed by atoms with van der Waals surface area (Å²) >= 11 is 4.88. The fraction of sp³-hybridized carbons (Fsp3) is 0.167. The standard InChI is InChI=1S/C24H20BrN5O3S/c1-14(31)16-8-6-15(7-9-16)10-11-30-22-20(21(26)27-13-28-22)29-24(30)34-19-12-32-23(33-19)17-4-2-3-5-18(17)25/h2-9,12-13,23H,10-11H2,1H3,(H2,26,27,28). The minimum atomic E-state index is -0.541. The van der Waals surface area contributed by atoms with Crippen molar-refractivity contribution in [3.8, 4) is 0 Å². The molecule has 0 aliphatic carbocycles. The summed E-state index contributed by atoms with van der Waals surface area (Å²) in [4.78, 5) is 24.7. The Balaban J connectivity index is 1.38. The van der Waals surface area contributed by atoms with E-state index in [2.05, 4.69) is 30.9 Å². The molecule has 8 nitrogen and oxygen atoms in total. The molecule has 0 spiro atoms. The highest BCUT2D eigenvalue weighted by atomic mass is 79.9. The van der Waals surface area contributed by atoms with Crippen LogP contribution < -0.4 is 5.73 Å². The highest BCUT2D eigenvalue weighted by Crippen LogP contribution is 2.40. The van der Waals surface area contributed by atoms with Crippen molar-refractivity contribution < 1.29 is 14.3 Å². The van der Waals surface area contributed by atoms with Crippen molar-refractivity contribution in [3.63, 3.8) is 0 Å². The monoisotopic (exact) mass is 537 g/mol. The van der Waals surface area contributed by atoms with Crippen LogP contribution in [0.5, 0.6) is 0 Å². The Morgan fingerprint density at radius 3 is 2.74 bits per heavy atom. The molecule has 4 aromatic rings. The second-order valence-corrected chi connectivity index (χ2v) is 9.45. The van der Waals surface area contributed by atoms with E-state index in [-0.39, 0.29) is 5.78 Å². The van der Waals surface area contributed by atoms with Crippen molar-refractivity contribution in [3.05, 3.63) is 87.4 Å². The number of ether oxygens (including phenoxy) is 2. The number of fused-ring (bicyclic) bond motifs is 1. The molecule has 0 saturated carbocycles. The van der Waals surface area contributed by atoms with Crippen molar-refractivity contribution >= 4 is 50.5 Å². The van der Waals surface area contributed by atoms with Gasteiger partial charge in [0.05, 0.1) is 0 Å². The van der Waals surface area contributed by atoms with Gasteiger partial charge >= 0.3 is 0 Å². The van der Waals surface area contributed by atoms with Crippen LogP contribution in [0.3, 0.4) is 0 Å². The molecule has 0 saturated heterocycles. The number of imidazole rings is 1. The highest BCUT2D eigenvalue weighted by Gasteiger charge is 2.26. The van der Waals surface area contributed by atoms with Gasteiger partial charge in [0.2, 0.25) is 5.09 Å². The molecule has 1 aliphatic rings. The van der Waals surface area contributed by atoms with Crippen LogP contribution in [0.25, 0.3) is 11.2 Å². The van der Waals surface area contributed by atoms with Gasteiger partial charge in [-0.3, -0.25) is 4.79 Å². The molecule has 172 valence electrons. The van der Waals surface area contributed by atoms with E-state index in [1.165, 1.54) is 18.1 Å². The quantitative estimate of drug-likeness (QED) is 0.318. The summed E-state index contributed by atoms with van der Waals surface area (Å²) in [6.45, 7) is 2.17. The van der Waals surface area contributed by atoms with Crippen LogP contribution in [0.2, 0.25) is 0 Å². The maximum atomic E-state index is 11.6. The van der Waals surface area contributed by atoms with E-state index in [1.54, 1.807) is 13.2 Å². The molecule has 10 heteroatoms. The van der Waals surface area contributed by atoms with Crippen LogP contribution in [0.4, 0.5) is 5.82 Å². The lowest BCUT2D eigenvalue weighted by Crippen LogP contribution is -2.05. The molecule has 0 radical (unpaired) electrons. The lowest BCUT2D eigenvalue weighted by molar-refractivity contribution is -0.0278. The predicted molar refractivity (Wildman–Crippen MR) is 133 cm³/mol. The fourth-order valence-corrected chi connectivity index (χ4v) is 4.90. The third kappa shape index (κ3) is 4.51. The van der Waals surface area contributed by atoms with Gasteiger partial charge in [-0.15, -0.1) is 0 Å². The molecular weight excluding hydrogens is 518 g/mol. The number of Topliss-reactive ketones (excluding diaryl/α,β-unsaturated/α-hetero) is 1. The molecule has 3 heterocycles. The Kier molecular flexibility index (Phi) is 6.25. The average Bonchev–Trinajstić information content (AvgIpc) is 3.44. The molecule has 2 aromatic heterocycles. The number of nitrogens with zero attached hydrogens (tertiary/aromatic N) is 4. The largest absolute Gasteiger partial charge is 0.454 e. The van der Waals surface area contributed by atoms with E-state index in [1.807, 2.05) is 53.1 Å². The number of ketones is 1. The first-order chi connectivity index (χ1) is 16.5. The number of halogens is 1. The van der Waals surface area contributed by atoms with Gasteiger partial charge < -0.3 is 19.8 Å². The Bertz CT molecular complexity index is 1400. The Morgan fingerprint density at radius 2 is 1.97 bits per heavy atom. The molecule has 1 aliphatic heterocycles.